The van der Waals surface area contributed by atoms with Crippen LogP contribution < -0.4 is 10.1 Å². The first-order chi connectivity index (χ1) is 12.5. The molecule has 0 aliphatic heterocycles. The summed E-state index contributed by atoms with van der Waals surface area (Å²) < 4.78 is 18.6. The molecule has 5 nitrogen and oxygen atoms in total. The molecule has 0 spiro atoms. The largest absolute Gasteiger partial charge is 0.494 e. The lowest BCUT2D eigenvalue weighted by molar-refractivity contribution is -0.138. The van der Waals surface area contributed by atoms with Crippen molar-refractivity contribution in [2.45, 2.75) is 25.8 Å². The van der Waals surface area contributed by atoms with Crippen LogP contribution in [0.15, 0.2) is 54.6 Å². The van der Waals surface area contributed by atoms with Crippen molar-refractivity contribution >= 4 is 11.9 Å². The topological polar surface area (TPSA) is 75.6 Å². The minimum Gasteiger partial charge on any atom is -0.494 e. The van der Waals surface area contributed by atoms with Gasteiger partial charge in [-0.05, 0) is 36.2 Å². The third-order valence-electron chi connectivity index (χ3n) is 3.98. The molecule has 0 bridgehead atoms. The van der Waals surface area contributed by atoms with Gasteiger partial charge in [0.15, 0.2) is 0 Å². The first-order valence-corrected chi connectivity index (χ1v) is 8.41. The van der Waals surface area contributed by atoms with Gasteiger partial charge in [0, 0.05) is 5.92 Å². The van der Waals surface area contributed by atoms with E-state index < -0.39 is 17.8 Å². The molecule has 2 aromatic carbocycles. The Morgan fingerprint density at radius 1 is 1.12 bits per heavy atom. The Kier molecular flexibility index (Phi) is 7.14. The van der Waals surface area contributed by atoms with Crippen LogP contribution in [-0.2, 0) is 9.59 Å². The van der Waals surface area contributed by atoms with Gasteiger partial charge in [0.05, 0.1) is 19.1 Å². The standard InChI is InChI=1S/C20H22FNO4/c1-14(11-12-26-17-5-3-2-4-6-17)20(25)22-18(13-19(23)24)15-7-9-16(21)10-8-15/h2-10,14,18H,11-13H2,1H3,(H,22,25)(H,23,24). The van der Waals surface area contributed by atoms with E-state index in [0.29, 0.717) is 18.6 Å². The molecule has 0 heterocycles. The maximum absolute atomic E-state index is 13.1. The van der Waals surface area contributed by atoms with Crippen LogP contribution in [0.25, 0.3) is 0 Å². The van der Waals surface area contributed by atoms with Gasteiger partial charge in [-0.2, -0.15) is 0 Å². The first kappa shape index (κ1) is 19.4. The normalized spacial score (nSPS) is 12.8. The van der Waals surface area contributed by atoms with Crippen molar-refractivity contribution in [2.75, 3.05) is 6.61 Å². The van der Waals surface area contributed by atoms with E-state index in [9.17, 15) is 14.0 Å². The summed E-state index contributed by atoms with van der Waals surface area (Å²) in [5.41, 5.74) is 0.551. The molecule has 6 heteroatoms. The van der Waals surface area contributed by atoms with Gasteiger partial charge in [-0.3, -0.25) is 9.59 Å². The van der Waals surface area contributed by atoms with Crippen LogP contribution in [0.3, 0.4) is 0 Å². The number of para-hydroxylation sites is 1. The summed E-state index contributed by atoms with van der Waals surface area (Å²) in [7, 11) is 0. The number of carboxylic acids is 1. The van der Waals surface area contributed by atoms with Gasteiger partial charge in [0.1, 0.15) is 11.6 Å². The number of ether oxygens (including phenoxy) is 1. The molecule has 1 amide bonds. The van der Waals surface area contributed by atoms with E-state index in [0.717, 1.165) is 5.75 Å². The maximum atomic E-state index is 13.1. The number of hydrogen-bond donors (Lipinski definition) is 2. The van der Waals surface area contributed by atoms with Crippen molar-refractivity contribution in [1.29, 1.82) is 0 Å². The fourth-order valence-corrected chi connectivity index (χ4v) is 2.44. The summed E-state index contributed by atoms with van der Waals surface area (Å²) in [6, 6.07) is 14.0. The molecule has 138 valence electrons. The number of carbonyl (C=O) groups excluding carboxylic acids is 1. The summed E-state index contributed by atoms with van der Waals surface area (Å²) in [5.74, 6) is -1.34. The van der Waals surface area contributed by atoms with Gasteiger partial charge in [0.25, 0.3) is 0 Å². The zero-order chi connectivity index (χ0) is 18.9. The van der Waals surface area contributed by atoms with Crippen molar-refractivity contribution in [3.63, 3.8) is 0 Å². The Balaban J connectivity index is 1.90. The summed E-state index contributed by atoms with van der Waals surface area (Å²) >= 11 is 0. The van der Waals surface area contributed by atoms with E-state index in [-0.39, 0.29) is 18.2 Å². The molecule has 0 saturated carbocycles. The lowest BCUT2D eigenvalue weighted by Gasteiger charge is -2.20. The van der Waals surface area contributed by atoms with Crippen LogP contribution in [0.1, 0.15) is 31.4 Å². The van der Waals surface area contributed by atoms with Gasteiger partial charge >= 0.3 is 5.97 Å². The molecule has 0 fully saturated rings. The molecule has 0 aliphatic rings. The van der Waals surface area contributed by atoms with E-state index in [2.05, 4.69) is 5.32 Å². The number of halogens is 1. The van der Waals surface area contributed by atoms with Gasteiger partial charge in [0.2, 0.25) is 5.91 Å². The predicted molar refractivity (Wildman–Crippen MR) is 95.3 cm³/mol. The molecule has 2 N–H and O–H groups in total. The van der Waals surface area contributed by atoms with Crippen LogP contribution >= 0.6 is 0 Å². The highest BCUT2D eigenvalue weighted by Gasteiger charge is 2.21. The van der Waals surface area contributed by atoms with Crippen molar-refractivity contribution < 1.29 is 23.8 Å². The van der Waals surface area contributed by atoms with Crippen molar-refractivity contribution in [2.24, 2.45) is 5.92 Å². The summed E-state index contributed by atoms with van der Waals surface area (Å²) in [6.07, 6.45) is 0.217. The molecule has 0 saturated heterocycles. The molecule has 0 aromatic heterocycles. The Morgan fingerprint density at radius 3 is 2.38 bits per heavy atom. The predicted octanol–water partition coefficient (Wildman–Crippen LogP) is 3.56. The number of aliphatic carboxylic acids is 1. The Morgan fingerprint density at radius 2 is 1.77 bits per heavy atom. The second kappa shape index (κ2) is 9.56. The SMILES string of the molecule is CC(CCOc1ccccc1)C(=O)NC(CC(=O)O)c1ccc(F)cc1. The summed E-state index contributed by atoms with van der Waals surface area (Å²) in [5, 5.41) is 11.8. The number of hydrogen-bond acceptors (Lipinski definition) is 3. The van der Waals surface area contributed by atoms with Crippen LogP contribution in [-0.4, -0.2) is 23.6 Å². The quantitative estimate of drug-likeness (QED) is 0.718. The van der Waals surface area contributed by atoms with E-state index in [4.69, 9.17) is 9.84 Å². The number of benzene rings is 2. The Labute approximate surface area is 151 Å². The fraction of sp³-hybridized carbons (Fsp3) is 0.300. The van der Waals surface area contributed by atoms with Crippen molar-refractivity contribution in [1.82, 2.24) is 5.32 Å². The number of amides is 1. The average molecular weight is 359 g/mol. The fourth-order valence-electron chi connectivity index (χ4n) is 2.44. The minimum absolute atomic E-state index is 0.266. The number of carboxylic acid groups (broad SMARTS) is 1. The number of carbonyl (C=O) groups is 2. The Bertz CT molecular complexity index is 718. The van der Waals surface area contributed by atoms with Crippen LogP contribution in [0.5, 0.6) is 5.75 Å². The molecular formula is C20H22FNO4. The average Bonchev–Trinajstić information content (AvgIpc) is 2.62. The van der Waals surface area contributed by atoms with Crippen LogP contribution in [0.4, 0.5) is 4.39 Å². The zero-order valence-corrected chi connectivity index (χ0v) is 14.5. The van der Waals surface area contributed by atoms with Crippen molar-refractivity contribution in [3.05, 3.63) is 66.0 Å². The van der Waals surface area contributed by atoms with Crippen LogP contribution in [0.2, 0.25) is 0 Å². The van der Waals surface area contributed by atoms with Crippen molar-refractivity contribution in [3.8, 4) is 5.75 Å². The minimum atomic E-state index is -1.04. The lowest BCUT2D eigenvalue weighted by Crippen LogP contribution is -2.34. The first-order valence-electron chi connectivity index (χ1n) is 8.41. The summed E-state index contributed by atoms with van der Waals surface area (Å²) in [6.45, 7) is 2.13. The summed E-state index contributed by atoms with van der Waals surface area (Å²) in [4.78, 5) is 23.5. The zero-order valence-electron chi connectivity index (χ0n) is 14.5. The molecule has 2 aromatic rings. The Hall–Kier alpha value is -2.89. The highest BCUT2D eigenvalue weighted by atomic mass is 19.1. The van der Waals surface area contributed by atoms with E-state index in [1.807, 2.05) is 30.3 Å². The smallest absolute Gasteiger partial charge is 0.305 e. The maximum Gasteiger partial charge on any atom is 0.305 e. The molecule has 0 radical (unpaired) electrons. The van der Waals surface area contributed by atoms with Gasteiger partial charge in [-0.1, -0.05) is 37.3 Å². The van der Waals surface area contributed by atoms with Crippen LogP contribution in [0, 0.1) is 11.7 Å². The van der Waals surface area contributed by atoms with Gasteiger partial charge in [-0.25, -0.2) is 4.39 Å². The molecular weight excluding hydrogens is 337 g/mol. The third-order valence-corrected chi connectivity index (χ3v) is 3.98. The number of rotatable bonds is 9. The second-order valence-corrected chi connectivity index (χ2v) is 6.06. The highest BCUT2D eigenvalue weighted by molar-refractivity contribution is 5.79. The van der Waals surface area contributed by atoms with E-state index in [1.165, 1.54) is 24.3 Å². The van der Waals surface area contributed by atoms with Gasteiger partial charge in [-0.15, -0.1) is 0 Å². The monoisotopic (exact) mass is 359 g/mol. The molecule has 2 atom stereocenters. The number of nitrogens with one attached hydrogen (secondary N) is 1. The molecule has 0 aliphatic carbocycles. The van der Waals surface area contributed by atoms with Gasteiger partial charge < -0.3 is 15.2 Å². The third kappa shape index (κ3) is 6.20. The van der Waals surface area contributed by atoms with E-state index >= 15 is 0 Å². The highest BCUT2D eigenvalue weighted by Crippen LogP contribution is 2.19. The molecule has 2 rings (SSSR count). The molecule has 26 heavy (non-hydrogen) atoms. The second-order valence-electron chi connectivity index (χ2n) is 6.06. The molecule has 2 unspecified atom stereocenters. The van der Waals surface area contributed by atoms with E-state index in [1.54, 1.807) is 6.92 Å². The lowest BCUT2D eigenvalue weighted by atomic mass is 10.0.